The fourth-order valence-corrected chi connectivity index (χ4v) is 4.78. The lowest BCUT2D eigenvalue weighted by atomic mass is 10.1. The van der Waals surface area contributed by atoms with E-state index < -0.39 is 34.1 Å². The van der Waals surface area contributed by atoms with Crippen molar-refractivity contribution in [2.24, 2.45) is 0 Å². The van der Waals surface area contributed by atoms with Crippen LogP contribution in [0.3, 0.4) is 0 Å². The second-order valence-corrected chi connectivity index (χ2v) is 11.8. The Morgan fingerprint density at radius 2 is 1.72 bits per heavy atom. The molecular formula is C27H39N3O5S. The second kappa shape index (κ2) is 12.3. The number of rotatable bonds is 11. The molecule has 2 aromatic rings. The first-order valence-electron chi connectivity index (χ1n) is 12.0. The maximum atomic E-state index is 13.7. The number of amides is 2. The highest BCUT2D eigenvalue weighted by atomic mass is 32.2. The van der Waals surface area contributed by atoms with Gasteiger partial charge in [-0.05, 0) is 63.8 Å². The highest BCUT2D eigenvalue weighted by Crippen LogP contribution is 2.31. The molecule has 2 rings (SSSR count). The fourth-order valence-electron chi connectivity index (χ4n) is 3.94. The Morgan fingerprint density at radius 3 is 2.25 bits per heavy atom. The van der Waals surface area contributed by atoms with Gasteiger partial charge >= 0.3 is 0 Å². The molecule has 0 aliphatic rings. The van der Waals surface area contributed by atoms with Crippen LogP contribution in [0.1, 0.15) is 45.2 Å². The molecule has 2 aromatic carbocycles. The van der Waals surface area contributed by atoms with Crippen molar-refractivity contribution in [3.63, 3.8) is 0 Å². The summed E-state index contributed by atoms with van der Waals surface area (Å²) in [6.45, 7) is 9.12. The molecule has 1 N–H and O–H groups in total. The van der Waals surface area contributed by atoms with Crippen LogP contribution in [0.5, 0.6) is 5.75 Å². The van der Waals surface area contributed by atoms with E-state index in [-0.39, 0.29) is 18.1 Å². The van der Waals surface area contributed by atoms with Crippen LogP contribution in [0.4, 0.5) is 5.69 Å². The van der Waals surface area contributed by atoms with E-state index in [4.69, 9.17) is 4.74 Å². The minimum atomic E-state index is -3.84. The standard InChI is InChI=1S/C27H39N3O5S/c1-8-22(26(32)28-27(3,4)5)29(17-16-21-12-10-9-11-13-21)25(31)19-30(36(7,33)34)23-18-20(2)14-15-24(23)35-6/h9-15,18,22H,8,16-17,19H2,1-7H3,(H,28,32)/t22-/m0/s1. The van der Waals surface area contributed by atoms with Crippen LogP contribution in [-0.4, -0.2) is 63.2 Å². The minimum Gasteiger partial charge on any atom is -0.495 e. The van der Waals surface area contributed by atoms with E-state index in [1.54, 1.807) is 18.2 Å². The summed E-state index contributed by atoms with van der Waals surface area (Å²) in [6.07, 6.45) is 1.97. The molecule has 0 heterocycles. The molecule has 2 amide bonds. The SMILES string of the molecule is CC[C@@H](C(=O)NC(C)(C)C)N(CCc1ccccc1)C(=O)CN(c1cc(C)ccc1OC)S(C)(=O)=O. The van der Waals surface area contributed by atoms with Gasteiger partial charge in [0.15, 0.2) is 0 Å². The maximum absolute atomic E-state index is 13.7. The predicted octanol–water partition coefficient (Wildman–Crippen LogP) is 3.53. The Hall–Kier alpha value is -3.07. The maximum Gasteiger partial charge on any atom is 0.244 e. The topological polar surface area (TPSA) is 96.0 Å². The Bertz CT molecular complexity index is 1140. The quantitative estimate of drug-likeness (QED) is 0.492. The first-order chi connectivity index (χ1) is 16.8. The van der Waals surface area contributed by atoms with Crippen molar-refractivity contribution >= 4 is 27.5 Å². The van der Waals surface area contributed by atoms with Gasteiger partial charge in [0.1, 0.15) is 18.3 Å². The number of aryl methyl sites for hydroxylation is 1. The number of benzene rings is 2. The van der Waals surface area contributed by atoms with Crippen LogP contribution in [0, 0.1) is 6.92 Å². The number of nitrogens with zero attached hydrogens (tertiary/aromatic N) is 2. The largest absolute Gasteiger partial charge is 0.495 e. The number of anilines is 1. The zero-order valence-electron chi connectivity index (χ0n) is 22.4. The highest BCUT2D eigenvalue weighted by Gasteiger charge is 2.33. The second-order valence-electron chi connectivity index (χ2n) is 9.93. The summed E-state index contributed by atoms with van der Waals surface area (Å²) in [4.78, 5) is 28.4. The van der Waals surface area contributed by atoms with E-state index in [2.05, 4.69) is 5.32 Å². The summed E-state index contributed by atoms with van der Waals surface area (Å²) in [6, 6.07) is 14.1. The summed E-state index contributed by atoms with van der Waals surface area (Å²) < 4.78 is 32.1. The third kappa shape index (κ3) is 8.26. The molecule has 0 saturated heterocycles. The van der Waals surface area contributed by atoms with Crippen LogP contribution in [0.15, 0.2) is 48.5 Å². The first-order valence-corrected chi connectivity index (χ1v) is 13.9. The predicted molar refractivity (Wildman–Crippen MR) is 144 cm³/mol. The number of carbonyl (C=O) groups is 2. The number of ether oxygens (including phenoxy) is 1. The van der Waals surface area contributed by atoms with E-state index >= 15 is 0 Å². The molecule has 8 nitrogen and oxygen atoms in total. The van der Waals surface area contributed by atoms with E-state index in [9.17, 15) is 18.0 Å². The monoisotopic (exact) mass is 517 g/mol. The van der Waals surface area contributed by atoms with Crippen LogP contribution >= 0.6 is 0 Å². The van der Waals surface area contributed by atoms with Gasteiger partial charge in [-0.1, -0.05) is 43.3 Å². The van der Waals surface area contributed by atoms with Crippen molar-refractivity contribution < 1.29 is 22.7 Å². The molecular weight excluding hydrogens is 478 g/mol. The highest BCUT2D eigenvalue weighted by molar-refractivity contribution is 7.92. The van der Waals surface area contributed by atoms with Gasteiger partial charge in [0.2, 0.25) is 21.8 Å². The lowest BCUT2D eigenvalue weighted by molar-refractivity contribution is -0.140. The van der Waals surface area contributed by atoms with Crippen molar-refractivity contribution in [1.82, 2.24) is 10.2 Å². The first kappa shape index (κ1) is 29.2. The van der Waals surface area contributed by atoms with Gasteiger partial charge in [0.05, 0.1) is 19.1 Å². The molecule has 0 radical (unpaired) electrons. The Kier molecular flexibility index (Phi) is 9.93. The van der Waals surface area contributed by atoms with Gasteiger partial charge in [-0.15, -0.1) is 0 Å². The van der Waals surface area contributed by atoms with E-state index in [0.29, 0.717) is 18.6 Å². The molecule has 36 heavy (non-hydrogen) atoms. The molecule has 0 saturated carbocycles. The van der Waals surface area contributed by atoms with Gasteiger partial charge in [0, 0.05) is 12.1 Å². The molecule has 0 bridgehead atoms. The average Bonchev–Trinajstić information content (AvgIpc) is 2.78. The molecule has 9 heteroatoms. The van der Waals surface area contributed by atoms with Gasteiger partial charge in [-0.25, -0.2) is 8.42 Å². The third-order valence-corrected chi connectivity index (χ3v) is 6.78. The van der Waals surface area contributed by atoms with Crippen molar-refractivity contribution in [2.75, 3.05) is 30.8 Å². The molecule has 0 unspecified atom stereocenters. The lowest BCUT2D eigenvalue weighted by Crippen LogP contribution is -2.56. The van der Waals surface area contributed by atoms with Crippen LogP contribution in [-0.2, 0) is 26.0 Å². The number of carbonyl (C=O) groups excluding carboxylic acids is 2. The van der Waals surface area contributed by atoms with E-state index in [0.717, 1.165) is 21.7 Å². The molecule has 0 aromatic heterocycles. The average molecular weight is 518 g/mol. The molecule has 0 fully saturated rings. The molecule has 0 aliphatic heterocycles. The zero-order chi connectivity index (χ0) is 27.1. The summed E-state index contributed by atoms with van der Waals surface area (Å²) in [5, 5.41) is 2.96. The molecule has 1 atom stereocenters. The van der Waals surface area contributed by atoms with Gasteiger partial charge in [-0.2, -0.15) is 0 Å². The third-order valence-electron chi connectivity index (χ3n) is 5.65. The van der Waals surface area contributed by atoms with Gasteiger partial charge in [0.25, 0.3) is 0 Å². The summed E-state index contributed by atoms with van der Waals surface area (Å²) in [7, 11) is -2.39. The molecule has 198 valence electrons. The van der Waals surface area contributed by atoms with Crippen molar-refractivity contribution in [3.05, 3.63) is 59.7 Å². The summed E-state index contributed by atoms with van der Waals surface area (Å²) >= 11 is 0. The molecule has 0 aliphatic carbocycles. The Balaban J connectivity index is 2.45. The van der Waals surface area contributed by atoms with Crippen molar-refractivity contribution in [1.29, 1.82) is 0 Å². The number of hydrogen-bond donors (Lipinski definition) is 1. The number of nitrogens with one attached hydrogen (secondary N) is 1. The van der Waals surface area contributed by atoms with E-state index in [1.807, 2.05) is 65.0 Å². The fraction of sp³-hybridized carbons (Fsp3) is 0.481. The van der Waals surface area contributed by atoms with Crippen LogP contribution < -0.4 is 14.4 Å². The molecule has 0 spiro atoms. The van der Waals surface area contributed by atoms with E-state index in [1.165, 1.54) is 12.0 Å². The number of methoxy groups -OCH3 is 1. The zero-order valence-corrected chi connectivity index (χ0v) is 23.2. The number of hydrogen-bond acceptors (Lipinski definition) is 5. The Morgan fingerprint density at radius 1 is 1.08 bits per heavy atom. The van der Waals surface area contributed by atoms with Gasteiger partial charge in [-0.3, -0.25) is 13.9 Å². The van der Waals surface area contributed by atoms with Crippen LogP contribution in [0.2, 0.25) is 0 Å². The Labute approximate surface area is 215 Å². The summed E-state index contributed by atoms with van der Waals surface area (Å²) in [5.74, 6) is -0.395. The van der Waals surface area contributed by atoms with Gasteiger partial charge < -0.3 is 15.0 Å². The summed E-state index contributed by atoms with van der Waals surface area (Å²) in [5.41, 5.74) is 1.64. The minimum absolute atomic E-state index is 0.265. The smallest absolute Gasteiger partial charge is 0.244 e. The number of sulfonamides is 1. The van der Waals surface area contributed by atoms with Crippen molar-refractivity contribution in [3.8, 4) is 5.75 Å². The normalized spacial score (nSPS) is 12.5. The lowest BCUT2D eigenvalue weighted by Gasteiger charge is -2.34. The van der Waals surface area contributed by atoms with Crippen molar-refractivity contribution in [2.45, 2.75) is 59.0 Å². The van der Waals surface area contributed by atoms with Crippen LogP contribution in [0.25, 0.3) is 0 Å².